The van der Waals surface area contributed by atoms with Crippen molar-refractivity contribution in [2.24, 2.45) is 0 Å². The van der Waals surface area contributed by atoms with Crippen LogP contribution in [0.2, 0.25) is 0 Å². The summed E-state index contributed by atoms with van der Waals surface area (Å²) in [5.41, 5.74) is 0. The molecule has 1 atom stereocenters. The molecule has 77 heavy (non-hydrogen) atoms. The average Bonchev–Trinajstić information content (AvgIpc) is 3.43. The van der Waals surface area contributed by atoms with Crippen molar-refractivity contribution in [1.29, 1.82) is 0 Å². The van der Waals surface area contributed by atoms with E-state index in [2.05, 4.69) is 142 Å². The van der Waals surface area contributed by atoms with Crippen molar-refractivity contribution in [2.45, 2.75) is 297 Å². The van der Waals surface area contributed by atoms with Crippen LogP contribution in [0.1, 0.15) is 290 Å². The fourth-order valence-electron chi connectivity index (χ4n) is 8.63. The first-order chi connectivity index (χ1) is 38.0. The molecule has 0 aromatic carbocycles. The molecule has 6 heteroatoms. The van der Waals surface area contributed by atoms with Crippen molar-refractivity contribution in [3.05, 3.63) is 122 Å². The summed E-state index contributed by atoms with van der Waals surface area (Å²) in [6, 6.07) is 0. The Bertz CT molecular complexity index is 1600. The highest BCUT2D eigenvalue weighted by atomic mass is 16.6. The van der Waals surface area contributed by atoms with E-state index in [-0.39, 0.29) is 31.1 Å². The third kappa shape index (κ3) is 62.5. The number of rotatable bonds is 57. The Morgan fingerprint density at radius 2 is 0.532 bits per heavy atom. The monoisotopic (exact) mass is 1070 g/mol. The predicted octanol–water partition coefficient (Wildman–Crippen LogP) is 22.0. The fourth-order valence-corrected chi connectivity index (χ4v) is 8.63. The molecule has 0 aromatic heterocycles. The maximum absolute atomic E-state index is 12.9. The first kappa shape index (κ1) is 72.8. The molecule has 0 aromatic rings. The molecule has 0 heterocycles. The molecule has 0 aliphatic heterocycles. The van der Waals surface area contributed by atoms with Gasteiger partial charge in [0, 0.05) is 19.3 Å². The topological polar surface area (TPSA) is 78.9 Å². The second kappa shape index (κ2) is 64.3. The van der Waals surface area contributed by atoms with E-state index in [1.54, 1.807) is 0 Å². The molecule has 6 nitrogen and oxygen atoms in total. The first-order valence-corrected chi connectivity index (χ1v) is 32.0. The summed E-state index contributed by atoms with van der Waals surface area (Å²) < 4.78 is 16.9. The molecule has 0 bridgehead atoms. The van der Waals surface area contributed by atoms with Crippen molar-refractivity contribution >= 4 is 17.9 Å². The molecule has 0 aliphatic carbocycles. The minimum Gasteiger partial charge on any atom is -0.462 e. The lowest BCUT2D eigenvalue weighted by Crippen LogP contribution is -2.30. The van der Waals surface area contributed by atoms with Gasteiger partial charge in [0.05, 0.1) is 0 Å². The van der Waals surface area contributed by atoms with Crippen LogP contribution in [0.15, 0.2) is 122 Å². The van der Waals surface area contributed by atoms with Crippen molar-refractivity contribution in [1.82, 2.24) is 0 Å². The molecule has 0 saturated carbocycles. The summed E-state index contributed by atoms with van der Waals surface area (Å²) in [4.78, 5) is 38.3. The van der Waals surface area contributed by atoms with Gasteiger partial charge in [0.25, 0.3) is 0 Å². The van der Waals surface area contributed by atoms with Gasteiger partial charge in [0.15, 0.2) is 6.10 Å². The van der Waals surface area contributed by atoms with E-state index in [1.165, 1.54) is 96.3 Å². The minimum absolute atomic E-state index is 0.0941. The molecule has 1 unspecified atom stereocenters. The molecule has 0 rings (SSSR count). The van der Waals surface area contributed by atoms with E-state index in [0.717, 1.165) is 154 Å². The van der Waals surface area contributed by atoms with E-state index in [9.17, 15) is 14.4 Å². The van der Waals surface area contributed by atoms with E-state index in [0.29, 0.717) is 19.3 Å². The normalized spacial score (nSPS) is 12.9. The summed E-state index contributed by atoms with van der Waals surface area (Å²) >= 11 is 0. The quantitative estimate of drug-likeness (QED) is 0.0261. The van der Waals surface area contributed by atoms with Gasteiger partial charge in [-0.3, -0.25) is 14.4 Å². The lowest BCUT2D eigenvalue weighted by atomic mass is 10.1. The molecular formula is C71H118O6. The van der Waals surface area contributed by atoms with Gasteiger partial charge in [-0.05, 0) is 128 Å². The van der Waals surface area contributed by atoms with Crippen LogP contribution >= 0.6 is 0 Å². The van der Waals surface area contributed by atoms with Crippen LogP contribution in [-0.2, 0) is 28.6 Å². The molecular weight excluding hydrogens is 949 g/mol. The van der Waals surface area contributed by atoms with Crippen LogP contribution < -0.4 is 0 Å². The van der Waals surface area contributed by atoms with Crippen LogP contribution in [0.3, 0.4) is 0 Å². The summed E-state index contributed by atoms with van der Waals surface area (Å²) in [5.74, 6) is -0.924. The third-order valence-electron chi connectivity index (χ3n) is 13.4. The largest absolute Gasteiger partial charge is 0.462 e. The molecule has 0 amide bonds. The highest BCUT2D eigenvalue weighted by Crippen LogP contribution is 2.15. The number of esters is 3. The Labute approximate surface area is 475 Å². The first-order valence-electron chi connectivity index (χ1n) is 32.0. The average molecular weight is 1070 g/mol. The number of ether oxygens (including phenoxy) is 3. The van der Waals surface area contributed by atoms with Gasteiger partial charge in [0.1, 0.15) is 13.2 Å². The van der Waals surface area contributed by atoms with Crippen LogP contribution in [0.4, 0.5) is 0 Å². The van der Waals surface area contributed by atoms with Crippen LogP contribution in [0, 0.1) is 0 Å². The predicted molar refractivity (Wildman–Crippen MR) is 334 cm³/mol. The van der Waals surface area contributed by atoms with Gasteiger partial charge in [-0.2, -0.15) is 0 Å². The van der Waals surface area contributed by atoms with E-state index in [1.807, 2.05) is 0 Å². The van der Waals surface area contributed by atoms with Gasteiger partial charge in [-0.1, -0.05) is 264 Å². The van der Waals surface area contributed by atoms with E-state index in [4.69, 9.17) is 14.2 Å². The number of allylic oxidation sites excluding steroid dienone is 20. The second-order valence-electron chi connectivity index (χ2n) is 20.9. The summed E-state index contributed by atoms with van der Waals surface area (Å²) in [6.07, 6.45) is 89.1. The molecule has 0 saturated heterocycles. The zero-order valence-corrected chi connectivity index (χ0v) is 50.2. The summed E-state index contributed by atoms with van der Waals surface area (Å²) in [5, 5.41) is 0. The van der Waals surface area contributed by atoms with Gasteiger partial charge in [0.2, 0.25) is 0 Å². The standard InChI is InChI=1S/C71H118O6/c1-4-7-10-13-16-19-22-25-27-29-31-32-33-34-35-36-37-38-40-41-43-46-49-52-55-58-61-64-70(73)76-67-68(66-75-69(72)63-60-57-54-51-48-45-24-21-18-15-12-9-6-3)77-71(74)65-62-59-56-53-50-47-44-42-39-30-28-26-23-20-17-14-11-8-5-2/h7,10,12,15-16,19,21,24-28,31-32,34-35,37-38,41,43,68H,4-6,8-9,11,13-14,17-18,20,22-23,29-30,33,36,39-40,42,44-67H2,1-3H3/b10-7-,15-12-,19-16-,24-21-,27-25-,28-26-,32-31-,35-34-,38-37-,43-41-. The highest BCUT2D eigenvalue weighted by Gasteiger charge is 2.19. The smallest absolute Gasteiger partial charge is 0.306 e. The van der Waals surface area contributed by atoms with Gasteiger partial charge >= 0.3 is 17.9 Å². The van der Waals surface area contributed by atoms with Crippen molar-refractivity contribution in [2.75, 3.05) is 13.2 Å². The van der Waals surface area contributed by atoms with E-state index >= 15 is 0 Å². The Balaban J connectivity index is 4.39. The summed E-state index contributed by atoms with van der Waals surface area (Å²) in [7, 11) is 0. The maximum atomic E-state index is 12.9. The highest BCUT2D eigenvalue weighted by molar-refractivity contribution is 5.71. The zero-order valence-electron chi connectivity index (χ0n) is 50.2. The number of carbonyl (C=O) groups excluding carboxylic acids is 3. The van der Waals surface area contributed by atoms with E-state index < -0.39 is 6.10 Å². The molecule has 0 N–H and O–H groups in total. The zero-order chi connectivity index (χ0) is 55.7. The lowest BCUT2D eigenvalue weighted by Gasteiger charge is -2.18. The number of unbranched alkanes of at least 4 members (excludes halogenated alkanes) is 26. The van der Waals surface area contributed by atoms with Crippen LogP contribution in [-0.4, -0.2) is 37.2 Å². The minimum atomic E-state index is -0.797. The fraction of sp³-hybridized carbons (Fsp3) is 0.676. The van der Waals surface area contributed by atoms with Gasteiger partial charge in [-0.25, -0.2) is 0 Å². The second-order valence-corrected chi connectivity index (χ2v) is 20.9. The maximum Gasteiger partial charge on any atom is 0.306 e. The Morgan fingerprint density at radius 1 is 0.273 bits per heavy atom. The Morgan fingerprint density at radius 3 is 0.857 bits per heavy atom. The van der Waals surface area contributed by atoms with Crippen molar-refractivity contribution in [3.63, 3.8) is 0 Å². The van der Waals surface area contributed by atoms with Crippen molar-refractivity contribution < 1.29 is 28.6 Å². The van der Waals surface area contributed by atoms with Crippen LogP contribution in [0.25, 0.3) is 0 Å². The van der Waals surface area contributed by atoms with Gasteiger partial charge in [-0.15, -0.1) is 0 Å². The third-order valence-corrected chi connectivity index (χ3v) is 13.4. The van der Waals surface area contributed by atoms with Crippen LogP contribution in [0.5, 0.6) is 0 Å². The number of hydrogen-bond acceptors (Lipinski definition) is 6. The van der Waals surface area contributed by atoms with Crippen molar-refractivity contribution in [3.8, 4) is 0 Å². The number of carbonyl (C=O) groups is 3. The Hall–Kier alpha value is -4.19. The Kier molecular flexibility index (Phi) is 60.8. The lowest BCUT2D eigenvalue weighted by molar-refractivity contribution is -0.167. The summed E-state index contributed by atoms with van der Waals surface area (Å²) in [6.45, 7) is 6.44. The molecule has 0 radical (unpaired) electrons. The molecule has 0 fully saturated rings. The number of hydrogen-bond donors (Lipinski definition) is 0. The molecule has 0 aliphatic rings. The molecule has 0 spiro atoms. The molecule has 438 valence electrons. The SMILES string of the molecule is CC/C=C\C/C=C\C/C=C\C/C=C\C/C=C\C/C=C\C/C=C\CCCCCCCC(=O)OCC(COC(=O)CCCCCCC/C=C\C/C=C\CCC)OC(=O)CCCCCCCCCCC/C=C\CCCCCCCC. The van der Waals surface area contributed by atoms with Gasteiger partial charge < -0.3 is 14.2 Å².